The highest BCUT2D eigenvalue weighted by Gasteiger charge is 2.15. The van der Waals surface area contributed by atoms with Gasteiger partial charge in [0.25, 0.3) is 11.6 Å². The first-order valence-corrected chi connectivity index (χ1v) is 5.56. The molecule has 98 valence electrons. The largest absolute Gasteiger partial charge is 0.319 e. The van der Waals surface area contributed by atoms with Gasteiger partial charge in [-0.2, -0.15) is 5.10 Å². The summed E-state index contributed by atoms with van der Waals surface area (Å²) in [6, 6.07) is 4.56. The van der Waals surface area contributed by atoms with Gasteiger partial charge >= 0.3 is 0 Å². The maximum Gasteiger partial charge on any atom is 0.292 e. The van der Waals surface area contributed by atoms with E-state index in [1.54, 1.807) is 12.1 Å². The molecule has 2 N–H and O–H groups in total. The van der Waals surface area contributed by atoms with Crippen LogP contribution in [0.15, 0.2) is 24.5 Å². The van der Waals surface area contributed by atoms with Crippen molar-refractivity contribution in [1.29, 1.82) is 0 Å². The molecule has 0 bridgehead atoms. The van der Waals surface area contributed by atoms with Crippen molar-refractivity contribution < 1.29 is 9.72 Å². The first-order chi connectivity index (χ1) is 9.11. The molecule has 0 atom stereocenters. The number of aromatic amines is 1. The molecule has 0 saturated carbocycles. The summed E-state index contributed by atoms with van der Waals surface area (Å²) < 4.78 is 0. The van der Waals surface area contributed by atoms with Gasteiger partial charge in [0.15, 0.2) is 0 Å². The van der Waals surface area contributed by atoms with Gasteiger partial charge in [-0.25, -0.2) is 4.98 Å². The Morgan fingerprint density at radius 1 is 1.53 bits per heavy atom. The van der Waals surface area contributed by atoms with E-state index in [-0.39, 0.29) is 11.5 Å². The van der Waals surface area contributed by atoms with Crippen molar-refractivity contribution in [3.8, 4) is 0 Å². The van der Waals surface area contributed by atoms with E-state index in [0.29, 0.717) is 17.7 Å². The van der Waals surface area contributed by atoms with Crippen molar-refractivity contribution in [3.05, 3.63) is 46.0 Å². The van der Waals surface area contributed by atoms with Crippen LogP contribution in [0.1, 0.15) is 23.1 Å². The van der Waals surface area contributed by atoms with Crippen LogP contribution in [0.2, 0.25) is 0 Å². The molecule has 0 aliphatic heterocycles. The fraction of sp³-hybridized carbons (Fsp3) is 0.182. The fourth-order valence-electron chi connectivity index (χ4n) is 1.62. The van der Waals surface area contributed by atoms with Crippen molar-refractivity contribution in [2.75, 3.05) is 5.32 Å². The molecule has 1 aromatic heterocycles. The number of aromatic nitrogens is 3. The maximum absolute atomic E-state index is 11.7. The minimum absolute atomic E-state index is 0.0159. The van der Waals surface area contributed by atoms with Crippen molar-refractivity contribution in [2.24, 2.45) is 0 Å². The number of hydrogen-bond acceptors (Lipinski definition) is 5. The van der Waals surface area contributed by atoms with E-state index in [1.807, 2.05) is 6.92 Å². The summed E-state index contributed by atoms with van der Waals surface area (Å²) in [6.07, 6.45) is 1.75. The molecule has 19 heavy (non-hydrogen) atoms. The van der Waals surface area contributed by atoms with Crippen molar-refractivity contribution in [3.63, 3.8) is 0 Å². The predicted molar refractivity (Wildman–Crippen MR) is 66.8 cm³/mol. The van der Waals surface area contributed by atoms with E-state index in [9.17, 15) is 14.9 Å². The molecule has 0 aliphatic carbocycles. The normalized spacial score (nSPS) is 10.2. The molecule has 0 saturated heterocycles. The molecule has 0 fully saturated rings. The summed E-state index contributed by atoms with van der Waals surface area (Å²) in [7, 11) is 0. The molecule has 8 heteroatoms. The van der Waals surface area contributed by atoms with Crippen LogP contribution in [-0.2, 0) is 6.42 Å². The van der Waals surface area contributed by atoms with Gasteiger partial charge < -0.3 is 5.32 Å². The van der Waals surface area contributed by atoms with E-state index in [1.165, 1.54) is 12.4 Å². The number of aryl methyl sites for hydroxylation is 1. The van der Waals surface area contributed by atoms with Gasteiger partial charge in [-0.3, -0.25) is 20.0 Å². The number of carbonyl (C=O) groups excluding carboxylic acids is 1. The third kappa shape index (κ3) is 2.73. The molecule has 1 heterocycles. The number of anilines is 1. The van der Waals surface area contributed by atoms with E-state index < -0.39 is 10.8 Å². The van der Waals surface area contributed by atoms with Crippen LogP contribution in [0.3, 0.4) is 0 Å². The maximum atomic E-state index is 11.7. The molecule has 1 amide bonds. The number of rotatable bonds is 4. The van der Waals surface area contributed by atoms with Crippen molar-refractivity contribution in [2.45, 2.75) is 13.3 Å². The van der Waals surface area contributed by atoms with E-state index in [4.69, 9.17) is 0 Å². The summed E-state index contributed by atoms with van der Waals surface area (Å²) in [5.74, 6) is -0.460. The number of hydrogen-bond donors (Lipinski definition) is 2. The first-order valence-electron chi connectivity index (χ1n) is 5.56. The SMILES string of the molecule is CCc1ccc(NC(=O)c2ncn[nH]2)cc1[N+](=O)[O-]. The zero-order valence-electron chi connectivity index (χ0n) is 10.1. The number of nitro benzene ring substituents is 1. The Morgan fingerprint density at radius 2 is 2.32 bits per heavy atom. The second kappa shape index (κ2) is 5.25. The quantitative estimate of drug-likeness (QED) is 0.639. The highest BCUT2D eigenvalue weighted by Crippen LogP contribution is 2.23. The van der Waals surface area contributed by atoms with Gasteiger partial charge in [-0.05, 0) is 12.5 Å². The lowest BCUT2D eigenvalue weighted by Gasteiger charge is -2.05. The fourth-order valence-corrected chi connectivity index (χ4v) is 1.62. The van der Waals surface area contributed by atoms with Gasteiger partial charge in [0.05, 0.1) is 4.92 Å². The second-order valence-corrected chi connectivity index (χ2v) is 3.74. The zero-order valence-corrected chi connectivity index (χ0v) is 10.1. The Kier molecular flexibility index (Phi) is 3.51. The van der Waals surface area contributed by atoms with E-state index in [2.05, 4.69) is 20.5 Å². The van der Waals surface area contributed by atoms with Gasteiger partial charge in [-0.1, -0.05) is 13.0 Å². The van der Waals surface area contributed by atoms with Crippen LogP contribution in [-0.4, -0.2) is 26.0 Å². The number of H-pyrrole nitrogens is 1. The number of amides is 1. The number of benzene rings is 1. The summed E-state index contributed by atoms with van der Waals surface area (Å²) in [5, 5.41) is 19.4. The smallest absolute Gasteiger partial charge is 0.292 e. The number of nitrogens with one attached hydrogen (secondary N) is 2. The van der Waals surface area contributed by atoms with Crippen LogP contribution in [0.4, 0.5) is 11.4 Å². The lowest BCUT2D eigenvalue weighted by Crippen LogP contribution is -2.14. The minimum atomic E-state index is -0.504. The third-order valence-electron chi connectivity index (χ3n) is 2.55. The van der Waals surface area contributed by atoms with Crippen LogP contribution >= 0.6 is 0 Å². The lowest BCUT2D eigenvalue weighted by atomic mass is 10.1. The Balaban J connectivity index is 2.24. The van der Waals surface area contributed by atoms with Crippen molar-refractivity contribution in [1.82, 2.24) is 15.2 Å². The molecule has 0 radical (unpaired) electrons. The summed E-state index contributed by atoms with van der Waals surface area (Å²) in [5.41, 5.74) is 0.936. The highest BCUT2D eigenvalue weighted by molar-refractivity contribution is 6.01. The zero-order chi connectivity index (χ0) is 13.8. The molecular weight excluding hydrogens is 250 g/mol. The Bertz CT molecular complexity index is 609. The summed E-state index contributed by atoms with van der Waals surface area (Å²) >= 11 is 0. The number of nitrogens with zero attached hydrogens (tertiary/aromatic N) is 3. The molecule has 2 aromatic rings. The Hall–Kier alpha value is -2.77. The molecule has 0 aliphatic rings. The standard InChI is InChI=1S/C11H11N5O3/c1-2-7-3-4-8(5-9(7)16(18)19)14-11(17)10-12-6-13-15-10/h3-6H,2H2,1H3,(H,14,17)(H,12,13,15). The minimum Gasteiger partial charge on any atom is -0.319 e. The summed E-state index contributed by atoms with van der Waals surface area (Å²) in [6.45, 7) is 1.83. The molecule has 0 spiro atoms. The topological polar surface area (TPSA) is 114 Å². The van der Waals surface area contributed by atoms with E-state index in [0.717, 1.165) is 0 Å². The van der Waals surface area contributed by atoms with E-state index >= 15 is 0 Å². The molecule has 2 rings (SSSR count). The van der Waals surface area contributed by atoms with Crippen LogP contribution in [0, 0.1) is 10.1 Å². The average Bonchev–Trinajstić information content (AvgIpc) is 2.92. The molecular formula is C11H11N5O3. The molecule has 8 nitrogen and oxygen atoms in total. The van der Waals surface area contributed by atoms with Gasteiger partial charge in [-0.15, -0.1) is 0 Å². The van der Waals surface area contributed by atoms with Crippen LogP contribution in [0.25, 0.3) is 0 Å². The van der Waals surface area contributed by atoms with Gasteiger partial charge in [0, 0.05) is 17.3 Å². The molecule has 0 unspecified atom stereocenters. The third-order valence-corrected chi connectivity index (χ3v) is 2.55. The first kappa shape index (κ1) is 12.7. The van der Waals surface area contributed by atoms with Crippen LogP contribution < -0.4 is 5.32 Å². The predicted octanol–water partition coefficient (Wildman–Crippen LogP) is 1.53. The summed E-state index contributed by atoms with van der Waals surface area (Å²) in [4.78, 5) is 25.8. The molecule has 1 aromatic carbocycles. The lowest BCUT2D eigenvalue weighted by molar-refractivity contribution is -0.385. The Labute approximate surface area is 108 Å². The second-order valence-electron chi connectivity index (χ2n) is 3.74. The van der Waals surface area contributed by atoms with Crippen molar-refractivity contribution >= 4 is 17.3 Å². The highest BCUT2D eigenvalue weighted by atomic mass is 16.6. The van der Waals surface area contributed by atoms with Gasteiger partial charge in [0.2, 0.25) is 5.82 Å². The van der Waals surface area contributed by atoms with Crippen LogP contribution in [0.5, 0.6) is 0 Å². The average molecular weight is 261 g/mol. The number of carbonyl (C=O) groups is 1. The Morgan fingerprint density at radius 3 is 2.89 bits per heavy atom. The number of nitro groups is 1. The monoisotopic (exact) mass is 261 g/mol. The van der Waals surface area contributed by atoms with Gasteiger partial charge in [0.1, 0.15) is 6.33 Å².